The Kier molecular flexibility index (Phi) is 2.04. The Labute approximate surface area is 64.6 Å². The summed E-state index contributed by atoms with van der Waals surface area (Å²) in [6.07, 6.45) is -0.696. The monoisotopic (exact) mass is 157 g/mol. The molecular weight excluding hydrogens is 146 g/mol. The maximum atomic E-state index is 9.46. The highest BCUT2D eigenvalue weighted by atomic mass is 16.5. The van der Waals surface area contributed by atoms with Gasteiger partial charge < -0.3 is 9.84 Å². The van der Waals surface area contributed by atoms with E-state index in [4.69, 9.17) is 10.3 Å². The normalized spacial score (nSPS) is 34.8. The smallest absolute Gasteiger partial charge is 0.0931 e. The van der Waals surface area contributed by atoms with Crippen LogP contribution in [0.2, 0.25) is 0 Å². The van der Waals surface area contributed by atoms with Gasteiger partial charge in [0, 0.05) is 4.91 Å². The number of rotatable bonds is 1. The number of ether oxygens (including phenoxy) is 1. The minimum atomic E-state index is -0.696. The molecule has 1 fully saturated rings. The van der Waals surface area contributed by atoms with E-state index in [1.165, 1.54) is 0 Å². The number of hydrogen-bond acceptors (Lipinski definition) is 3. The Bertz CT molecular complexity index is 198. The Morgan fingerprint density at radius 3 is 2.73 bits per heavy atom. The third-order valence-corrected chi connectivity index (χ3v) is 1.90. The molecule has 0 aromatic carbocycles. The summed E-state index contributed by atoms with van der Waals surface area (Å²) in [5.74, 6) is 0. The zero-order chi connectivity index (χ0) is 8.48. The van der Waals surface area contributed by atoms with E-state index in [9.17, 15) is 5.11 Å². The van der Waals surface area contributed by atoms with Gasteiger partial charge in [0.15, 0.2) is 0 Å². The van der Waals surface area contributed by atoms with E-state index < -0.39 is 17.7 Å². The van der Waals surface area contributed by atoms with Crippen molar-refractivity contribution in [3.8, 4) is 0 Å². The predicted molar refractivity (Wildman–Crippen MR) is 39.0 cm³/mol. The first-order valence-electron chi connectivity index (χ1n) is 3.44. The summed E-state index contributed by atoms with van der Waals surface area (Å²) >= 11 is 0. The van der Waals surface area contributed by atoms with Crippen LogP contribution >= 0.6 is 0 Å². The standard InChI is InChI=1S/C6H11N3O2/c1-6(2)5(10)4(3-11-6)8-9-7/h4-5,10H,3H2,1-2H3/t4-,5+/m1/s1. The van der Waals surface area contributed by atoms with E-state index in [-0.39, 0.29) is 0 Å². The molecule has 0 amide bonds. The number of nitrogens with zero attached hydrogens (tertiary/aromatic N) is 3. The minimum Gasteiger partial charge on any atom is -0.390 e. The summed E-state index contributed by atoms with van der Waals surface area (Å²) in [5, 5.41) is 12.9. The topological polar surface area (TPSA) is 78.2 Å². The third-order valence-electron chi connectivity index (χ3n) is 1.90. The second-order valence-electron chi connectivity index (χ2n) is 3.13. The molecular formula is C6H11N3O2. The van der Waals surface area contributed by atoms with E-state index in [2.05, 4.69) is 10.0 Å². The van der Waals surface area contributed by atoms with Gasteiger partial charge in [-0.1, -0.05) is 5.11 Å². The lowest BCUT2D eigenvalue weighted by Crippen LogP contribution is -2.36. The molecule has 0 spiro atoms. The molecule has 5 nitrogen and oxygen atoms in total. The highest BCUT2D eigenvalue weighted by molar-refractivity contribution is 4.94. The van der Waals surface area contributed by atoms with Crippen LogP contribution in [0.3, 0.4) is 0 Å². The van der Waals surface area contributed by atoms with Crippen LogP contribution in [0, 0.1) is 0 Å². The van der Waals surface area contributed by atoms with Crippen LogP contribution in [0.1, 0.15) is 13.8 Å². The van der Waals surface area contributed by atoms with Crippen molar-refractivity contribution in [3.63, 3.8) is 0 Å². The molecule has 1 aliphatic rings. The molecule has 0 bridgehead atoms. The third kappa shape index (κ3) is 1.45. The van der Waals surface area contributed by atoms with E-state index in [0.717, 1.165) is 0 Å². The molecule has 5 heteroatoms. The van der Waals surface area contributed by atoms with Crippen molar-refractivity contribution in [1.29, 1.82) is 0 Å². The van der Waals surface area contributed by atoms with E-state index in [1.807, 2.05) is 0 Å². The van der Waals surface area contributed by atoms with E-state index in [0.29, 0.717) is 6.61 Å². The van der Waals surface area contributed by atoms with Crippen molar-refractivity contribution in [2.24, 2.45) is 5.11 Å². The van der Waals surface area contributed by atoms with E-state index in [1.54, 1.807) is 13.8 Å². The average Bonchev–Trinajstić information content (AvgIpc) is 2.17. The van der Waals surface area contributed by atoms with Crippen molar-refractivity contribution in [3.05, 3.63) is 10.4 Å². The molecule has 0 saturated carbocycles. The van der Waals surface area contributed by atoms with Crippen LogP contribution < -0.4 is 0 Å². The molecule has 11 heavy (non-hydrogen) atoms. The highest BCUT2D eigenvalue weighted by Crippen LogP contribution is 2.27. The molecule has 1 saturated heterocycles. The van der Waals surface area contributed by atoms with Gasteiger partial charge in [-0.3, -0.25) is 0 Å². The molecule has 0 unspecified atom stereocenters. The van der Waals surface area contributed by atoms with Crippen LogP contribution in [-0.4, -0.2) is 29.5 Å². The molecule has 0 aliphatic carbocycles. The fourth-order valence-corrected chi connectivity index (χ4v) is 1.10. The lowest BCUT2D eigenvalue weighted by atomic mass is 10.00. The second kappa shape index (κ2) is 2.70. The molecule has 1 aliphatic heterocycles. The fraction of sp³-hybridized carbons (Fsp3) is 1.00. The summed E-state index contributed by atoms with van der Waals surface area (Å²) in [6, 6.07) is -0.435. The lowest BCUT2D eigenvalue weighted by molar-refractivity contribution is -0.0294. The first-order chi connectivity index (χ1) is 5.08. The van der Waals surface area contributed by atoms with Crippen LogP contribution in [0.4, 0.5) is 0 Å². The Morgan fingerprint density at radius 2 is 2.36 bits per heavy atom. The van der Waals surface area contributed by atoms with Gasteiger partial charge in [-0.2, -0.15) is 0 Å². The Balaban J connectivity index is 2.70. The quantitative estimate of drug-likeness (QED) is 0.347. The summed E-state index contributed by atoms with van der Waals surface area (Å²) < 4.78 is 5.20. The average molecular weight is 157 g/mol. The zero-order valence-electron chi connectivity index (χ0n) is 6.56. The minimum absolute atomic E-state index is 0.304. The lowest BCUT2D eigenvalue weighted by Gasteiger charge is -2.21. The number of aliphatic hydroxyl groups is 1. The van der Waals surface area contributed by atoms with Gasteiger partial charge in [0.2, 0.25) is 0 Å². The summed E-state index contributed by atoms with van der Waals surface area (Å²) in [7, 11) is 0. The molecule has 1 N–H and O–H groups in total. The van der Waals surface area contributed by atoms with Gasteiger partial charge in [0.1, 0.15) is 0 Å². The molecule has 62 valence electrons. The van der Waals surface area contributed by atoms with Crippen molar-refractivity contribution >= 4 is 0 Å². The summed E-state index contributed by atoms with van der Waals surface area (Å²) in [6.45, 7) is 3.84. The van der Waals surface area contributed by atoms with Crippen molar-refractivity contribution in [1.82, 2.24) is 0 Å². The van der Waals surface area contributed by atoms with Crippen LogP contribution in [0.25, 0.3) is 10.4 Å². The van der Waals surface area contributed by atoms with E-state index >= 15 is 0 Å². The van der Waals surface area contributed by atoms with Gasteiger partial charge in [-0.05, 0) is 19.4 Å². The summed E-state index contributed by atoms with van der Waals surface area (Å²) in [4.78, 5) is 2.62. The SMILES string of the molecule is CC1(C)OC[C@@H](N=[N+]=[N-])[C@@H]1O. The molecule has 2 atom stereocenters. The zero-order valence-corrected chi connectivity index (χ0v) is 6.56. The van der Waals surface area contributed by atoms with Crippen molar-refractivity contribution in [2.45, 2.75) is 31.6 Å². The first-order valence-corrected chi connectivity index (χ1v) is 3.44. The predicted octanol–water partition coefficient (Wildman–Crippen LogP) is 0.835. The largest absolute Gasteiger partial charge is 0.390 e. The fourth-order valence-electron chi connectivity index (χ4n) is 1.10. The van der Waals surface area contributed by atoms with Crippen LogP contribution in [0.15, 0.2) is 5.11 Å². The van der Waals surface area contributed by atoms with Crippen molar-refractivity contribution in [2.75, 3.05) is 6.61 Å². The molecule has 1 heterocycles. The number of aliphatic hydroxyl groups excluding tert-OH is 1. The first kappa shape index (κ1) is 8.33. The van der Waals surface area contributed by atoms with Gasteiger partial charge >= 0.3 is 0 Å². The molecule has 0 radical (unpaired) electrons. The number of azide groups is 1. The van der Waals surface area contributed by atoms with Crippen LogP contribution in [-0.2, 0) is 4.74 Å². The second-order valence-corrected chi connectivity index (χ2v) is 3.13. The van der Waals surface area contributed by atoms with Crippen LogP contribution in [0.5, 0.6) is 0 Å². The van der Waals surface area contributed by atoms with Crippen molar-refractivity contribution < 1.29 is 9.84 Å². The molecule has 0 aromatic heterocycles. The van der Waals surface area contributed by atoms with Gasteiger partial charge in [-0.25, -0.2) is 0 Å². The Morgan fingerprint density at radius 1 is 1.73 bits per heavy atom. The maximum Gasteiger partial charge on any atom is 0.0931 e. The van der Waals surface area contributed by atoms with Gasteiger partial charge in [-0.15, -0.1) is 0 Å². The Hall–Kier alpha value is -0.770. The van der Waals surface area contributed by atoms with Gasteiger partial charge in [0.05, 0.1) is 24.4 Å². The summed E-state index contributed by atoms with van der Waals surface area (Å²) in [5.41, 5.74) is 7.52. The molecule has 0 aromatic rings. The number of hydrogen-bond donors (Lipinski definition) is 1. The van der Waals surface area contributed by atoms with Gasteiger partial charge in [0.25, 0.3) is 0 Å². The maximum absolute atomic E-state index is 9.46. The highest BCUT2D eigenvalue weighted by Gasteiger charge is 2.41. The molecule has 1 rings (SSSR count).